The van der Waals surface area contributed by atoms with Crippen molar-refractivity contribution < 1.29 is 0 Å². The van der Waals surface area contributed by atoms with Crippen LogP contribution in [-0.4, -0.2) is 4.98 Å². The van der Waals surface area contributed by atoms with Crippen molar-refractivity contribution in [3.8, 4) is 0 Å². The molecule has 2 rings (SSSR count). The van der Waals surface area contributed by atoms with Gasteiger partial charge < -0.3 is 0 Å². The molecule has 1 aromatic heterocycles. The van der Waals surface area contributed by atoms with Crippen LogP contribution in [-0.2, 0) is 0 Å². The standard InChI is InChI=1S/C11H10IN/c1-8(12)10-7-6-9-4-2-3-5-11(9)13-10/h2-8H,1H3/t8-/m1/s1. The van der Waals surface area contributed by atoms with Crippen LogP contribution in [0.2, 0.25) is 0 Å². The van der Waals surface area contributed by atoms with E-state index in [4.69, 9.17) is 0 Å². The van der Waals surface area contributed by atoms with Gasteiger partial charge in [-0.05, 0) is 19.1 Å². The van der Waals surface area contributed by atoms with Crippen molar-refractivity contribution in [3.63, 3.8) is 0 Å². The molecular formula is C11H10IN. The molecule has 2 heteroatoms. The number of hydrogen-bond acceptors (Lipinski definition) is 1. The lowest BCUT2D eigenvalue weighted by molar-refractivity contribution is 1.06. The fraction of sp³-hybridized carbons (Fsp3) is 0.182. The molecule has 0 fully saturated rings. The van der Waals surface area contributed by atoms with Crippen molar-refractivity contribution in [3.05, 3.63) is 42.1 Å². The monoisotopic (exact) mass is 283 g/mol. The second-order valence-electron chi connectivity index (χ2n) is 3.04. The Bertz CT molecular complexity index is 423. The molecule has 1 aromatic carbocycles. The first-order valence-corrected chi connectivity index (χ1v) is 5.52. The van der Waals surface area contributed by atoms with Gasteiger partial charge in [0.15, 0.2) is 0 Å². The Kier molecular flexibility index (Phi) is 2.49. The molecule has 1 atom stereocenters. The van der Waals surface area contributed by atoms with Crippen LogP contribution < -0.4 is 0 Å². The van der Waals surface area contributed by atoms with Gasteiger partial charge in [-0.2, -0.15) is 0 Å². The topological polar surface area (TPSA) is 12.9 Å². The van der Waals surface area contributed by atoms with Crippen molar-refractivity contribution in [2.45, 2.75) is 10.8 Å². The van der Waals surface area contributed by atoms with E-state index in [1.165, 1.54) is 5.39 Å². The molecule has 0 radical (unpaired) electrons. The minimum absolute atomic E-state index is 0.474. The molecule has 0 unspecified atom stereocenters. The van der Waals surface area contributed by atoms with E-state index in [0.29, 0.717) is 3.92 Å². The lowest BCUT2D eigenvalue weighted by Crippen LogP contribution is -1.89. The van der Waals surface area contributed by atoms with Gasteiger partial charge in [0.05, 0.1) is 15.1 Å². The molecule has 66 valence electrons. The number of halogens is 1. The molecule has 13 heavy (non-hydrogen) atoms. The predicted octanol–water partition coefficient (Wildman–Crippen LogP) is 3.73. The Morgan fingerprint density at radius 2 is 1.92 bits per heavy atom. The fourth-order valence-corrected chi connectivity index (χ4v) is 1.65. The van der Waals surface area contributed by atoms with E-state index in [1.54, 1.807) is 0 Å². The molecule has 0 saturated carbocycles. The van der Waals surface area contributed by atoms with Crippen LogP contribution in [0, 0.1) is 0 Å². The van der Waals surface area contributed by atoms with E-state index in [2.05, 4.69) is 58.8 Å². The Balaban J connectivity index is 2.62. The van der Waals surface area contributed by atoms with Crippen LogP contribution in [0.15, 0.2) is 36.4 Å². The quantitative estimate of drug-likeness (QED) is 0.574. The average Bonchev–Trinajstić information content (AvgIpc) is 2.17. The number of nitrogens with zero attached hydrogens (tertiary/aromatic N) is 1. The van der Waals surface area contributed by atoms with Crippen molar-refractivity contribution >= 4 is 33.5 Å². The number of alkyl halides is 1. The van der Waals surface area contributed by atoms with Gasteiger partial charge >= 0.3 is 0 Å². The smallest absolute Gasteiger partial charge is 0.0705 e. The van der Waals surface area contributed by atoms with Crippen molar-refractivity contribution in [1.82, 2.24) is 4.98 Å². The summed E-state index contributed by atoms with van der Waals surface area (Å²) in [5.41, 5.74) is 2.24. The van der Waals surface area contributed by atoms with Crippen LogP contribution in [0.3, 0.4) is 0 Å². The summed E-state index contributed by atoms with van der Waals surface area (Å²) in [6.07, 6.45) is 0. The molecule has 0 saturated heterocycles. The molecule has 0 bridgehead atoms. The van der Waals surface area contributed by atoms with Crippen LogP contribution in [0.5, 0.6) is 0 Å². The third kappa shape index (κ3) is 1.82. The summed E-state index contributed by atoms with van der Waals surface area (Å²) in [7, 11) is 0. The van der Waals surface area contributed by atoms with Gasteiger partial charge in [0, 0.05) is 5.39 Å². The maximum absolute atomic E-state index is 4.57. The number of benzene rings is 1. The number of pyridine rings is 1. The molecule has 0 amide bonds. The van der Waals surface area contributed by atoms with Crippen LogP contribution in [0.1, 0.15) is 16.5 Å². The van der Waals surface area contributed by atoms with E-state index in [1.807, 2.05) is 12.1 Å². The van der Waals surface area contributed by atoms with Crippen LogP contribution in [0.25, 0.3) is 10.9 Å². The number of aromatic nitrogens is 1. The molecule has 0 aliphatic rings. The first kappa shape index (κ1) is 8.94. The highest BCUT2D eigenvalue weighted by Gasteiger charge is 2.02. The zero-order valence-corrected chi connectivity index (χ0v) is 9.52. The summed E-state index contributed by atoms with van der Waals surface area (Å²) in [4.78, 5) is 4.57. The third-order valence-corrected chi connectivity index (χ3v) is 2.67. The number of para-hydroxylation sites is 1. The first-order valence-electron chi connectivity index (χ1n) is 4.27. The van der Waals surface area contributed by atoms with Crippen LogP contribution in [0.4, 0.5) is 0 Å². The minimum Gasteiger partial charge on any atom is -0.252 e. The van der Waals surface area contributed by atoms with Gasteiger partial charge in [-0.25, -0.2) is 0 Å². The summed E-state index contributed by atoms with van der Waals surface area (Å²) < 4.78 is 0.474. The lowest BCUT2D eigenvalue weighted by Gasteiger charge is -2.03. The van der Waals surface area contributed by atoms with E-state index in [9.17, 15) is 0 Å². The Morgan fingerprint density at radius 3 is 2.69 bits per heavy atom. The van der Waals surface area contributed by atoms with E-state index < -0.39 is 0 Å². The second-order valence-corrected chi connectivity index (χ2v) is 4.91. The van der Waals surface area contributed by atoms with Gasteiger partial charge in [-0.3, -0.25) is 4.98 Å². The fourth-order valence-electron chi connectivity index (χ4n) is 1.30. The minimum atomic E-state index is 0.474. The lowest BCUT2D eigenvalue weighted by atomic mass is 10.2. The van der Waals surface area contributed by atoms with Crippen LogP contribution >= 0.6 is 22.6 Å². The van der Waals surface area contributed by atoms with Gasteiger partial charge in [0.25, 0.3) is 0 Å². The van der Waals surface area contributed by atoms with Gasteiger partial charge in [-0.1, -0.05) is 46.9 Å². The summed E-state index contributed by atoms with van der Waals surface area (Å²) in [5, 5.41) is 1.21. The van der Waals surface area contributed by atoms with Crippen molar-refractivity contribution in [2.24, 2.45) is 0 Å². The molecule has 0 N–H and O–H groups in total. The summed E-state index contributed by atoms with van der Waals surface area (Å²) in [6.45, 7) is 2.15. The Labute approximate surface area is 91.3 Å². The van der Waals surface area contributed by atoms with E-state index >= 15 is 0 Å². The maximum Gasteiger partial charge on any atom is 0.0705 e. The number of hydrogen-bond donors (Lipinski definition) is 0. The maximum atomic E-state index is 4.57. The zero-order chi connectivity index (χ0) is 9.26. The third-order valence-electron chi connectivity index (χ3n) is 2.03. The van der Waals surface area contributed by atoms with Crippen molar-refractivity contribution in [1.29, 1.82) is 0 Å². The normalized spacial score (nSPS) is 13.1. The first-order chi connectivity index (χ1) is 6.27. The molecule has 1 heterocycles. The highest BCUT2D eigenvalue weighted by molar-refractivity contribution is 14.1. The summed E-state index contributed by atoms with van der Waals surface area (Å²) in [5.74, 6) is 0. The highest BCUT2D eigenvalue weighted by Crippen LogP contribution is 2.22. The Hall–Kier alpha value is -0.640. The molecule has 1 nitrogen and oxygen atoms in total. The molecular weight excluding hydrogens is 273 g/mol. The molecule has 2 aromatic rings. The van der Waals surface area contributed by atoms with Gasteiger partial charge in [0.1, 0.15) is 0 Å². The SMILES string of the molecule is C[C@@H](I)c1ccc2ccccc2n1. The second kappa shape index (κ2) is 3.62. The van der Waals surface area contributed by atoms with Crippen molar-refractivity contribution in [2.75, 3.05) is 0 Å². The largest absolute Gasteiger partial charge is 0.252 e. The average molecular weight is 283 g/mol. The number of fused-ring (bicyclic) bond motifs is 1. The molecule has 0 aliphatic heterocycles. The Morgan fingerprint density at radius 1 is 1.15 bits per heavy atom. The zero-order valence-electron chi connectivity index (χ0n) is 7.37. The number of rotatable bonds is 1. The summed E-state index contributed by atoms with van der Waals surface area (Å²) >= 11 is 2.38. The van der Waals surface area contributed by atoms with Gasteiger partial charge in [0.2, 0.25) is 0 Å². The van der Waals surface area contributed by atoms with E-state index in [0.717, 1.165) is 11.2 Å². The summed E-state index contributed by atoms with van der Waals surface area (Å²) in [6, 6.07) is 12.4. The molecule has 0 aliphatic carbocycles. The predicted molar refractivity (Wildman–Crippen MR) is 64.2 cm³/mol. The molecule has 0 spiro atoms. The highest BCUT2D eigenvalue weighted by atomic mass is 127. The van der Waals surface area contributed by atoms with E-state index in [-0.39, 0.29) is 0 Å². The van der Waals surface area contributed by atoms with Gasteiger partial charge in [-0.15, -0.1) is 0 Å².